The van der Waals surface area contributed by atoms with E-state index >= 15 is 0 Å². The van der Waals surface area contributed by atoms with Crippen molar-refractivity contribution in [1.82, 2.24) is 5.32 Å². The lowest BCUT2D eigenvalue weighted by Crippen LogP contribution is -2.45. The molecule has 0 saturated carbocycles. The number of rotatable bonds is 68. The monoisotopic (exact) mass is 1120 g/mol. The second-order valence-corrected chi connectivity index (χ2v) is 24.9. The van der Waals surface area contributed by atoms with Crippen molar-refractivity contribution in [2.75, 3.05) is 13.2 Å². The summed E-state index contributed by atoms with van der Waals surface area (Å²) in [5, 5.41) is 23.2. The third-order valence-electron chi connectivity index (χ3n) is 16.9. The highest BCUT2D eigenvalue weighted by Crippen LogP contribution is 2.19. The number of amides is 1. The molecule has 2 unspecified atom stereocenters. The average Bonchev–Trinajstić information content (AvgIpc) is 3.46. The Labute approximate surface area is 500 Å². The van der Waals surface area contributed by atoms with Gasteiger partial charge in [0.25, 0.3) is 0 Å². The Balaban J connectivity index is 3.37. The van der Waals surface area contributed by atoms with E-state index in [1.165, 1.54) is 327 Å². The van der Waals surface area contributed by atoms with E-state index in [1.807, 2.05) is 6.08 Å². The zero-order valence-electron chi connectivity index (χ0n) is 54.1. The summed E-state index contributed by atoms with van der Waals surface area (Å²) >= 11 is 0. The molecule has 0 aromatic rings. The van der Waals surface area contributed by atoms with E-state index in [1.54, 1.807) is 6.08 Å². The van der Waals surface area contributed by atoms with Gasteiger partial charge in [-0.15, -0.1) is 0 Å². The maximum atomic E-state index is 12.5. The van der Waals surface area contributed by atoms with E-state index in [-0.39, 0.29) is 18.5 Å². The van der Waals surface area contributed by atoms with Gasteiger partial charge < -0.3 is 20.3 Å². The molecule has 0 rings (SSSR count). The molecule has 80 heavy (non-hydrogen) atoms. The minimum absolute atomic E-state index is 0.0186. The van der Waals surface area contributed by atoms with E-state index in [4.69, 9.17) is 4.74 Å². The van der Waals surface area contributed by atoms with Crippen LogP contribution in [0, 0.1) is 0 Å². The summed E-state index contributed by atoms with van der Waals surface area (Å²) in [5.74, 6) is -0.0444. The van der Waals surface area contributed by atoms with Crippen LogP contribution in [0.5, 0.6) is 0 Å². The van der Waals surface area contributed by atoms with E-state index < -0.39 is 12.1 Å². The lowest BCUT2D eigenvalue weighted by molar-refractivity contribution is -0.143. The second kappa shape index (κ2) is 69.6. The van der Waals surface area contributed by atoms with Gasteiger partial charge in [-0.3, -0.25) is 9.59 Å². The number of nitrogens with one attached hydrogen (secondary N) is 1. The summed E-state index contributed by atoms with van der Waals surface area (Å²) in [6, 6.07) is -0.625. The Hall–Kier alpha value is -1.92. The number of carbonyl (C=O) groups is 2. The van der Waals surface area contributed by atoms with Crippen molar-refractivity contribution < 1.29 is 24.5 Å². The standard InChI is InChI=1S/C74H141NO5/c1-3-5-7-9-11-13-15-16-40-43-47-50-54-58-62-66-72(77)71(70-76)75-73(78)67-63-59-55-51-48-44-41-38-36-34-32-30-28-26-24-22-20-18-17-19-21-23-25-27-29-31-33-35-37-39-42-45-49-53-57-61-65-69-80-74(79)68-64-60-56-52-46-14-12-10-8-6-4-2/h17,19,23,25,62,66,71-72,76-77H,3-16,18,20-22,24,26-61,63-65,67-70H2,1-2H3,(H,75,78)/b19-17-,25-23-,66-62+. The SMILES string of the molecule is CCCCCCCCCCCCCCC/C=C/C(O)C(CO)NC(=O)CCCCCCCCCCCCCCCCCCC/C=C\C/C=C\CCCCCCCCCCCCCCCOC(=O)CCCCCCCCCCCCC. The van der Waals surface area contributed by atoms with Crippen LogP contribution in [-0.4, -0.2) is 47.4 Å². The number of aliphatic hydroxyl groups is 2. The molecule has 0 aromatic heterocycles. The maximum absolute atomic E-state index is 12.5. The number of aliphatic hydroxyl groups excluding tert-OH is 2. The third kappa shape index (κ3) is 65.2. The Morgan fingerprint density at radius 2 is 0.625 bits per heavy atom. The van der Waals surface area contributed by atoms with Crippen molar-refractivity contribution >= 4 is 11.9 Å². The lowest BCUT2D eigenvalue weighted by Gasteiger charge is -2.20. The zero-order chi connectivity index (χ0) is 57.8. The Kier molecular flexibility index (Phi) is 67.9. The van der Waals surface area contributed by atoms with Crippen LogP contribution in [0.2, 0.25) is 0 Å². The first-order valence-corrected chi connectivity index (χ1v) is 36.3. The normalized spacial score (nSPS) is 12.7. The van der Waals surface area contributed by atoms with Gasteiger partial charge in [0, 0.05) is 12.8 Å². The third-order valence-corrected chi connectivity index (χ3v) is 16.9. The second-order valence-electron chi connectivity index (χ2n) is 24.9. The Morgan fingerprint density at radius 1 is 0.350 bits per heavy atom. The Morgan fingerprint density at radius 3 is 0.950 bits per heavy atom. The summed E-state index contributed by atoms with van der Waals surface area (Å²) in [7, 11) is 0. The van der Waals surface area contributed by atoms with Crippen LogP contribution in [-0.2, 0) is 14.3 Å². The number of carbonyl (C=O) groups excluding carboxylic acids is 2. The molecule has 3 N–H and O–H groups in total. The van der Waals surface area contributed by atoms with E-state index in [0.29, 0.717) is 19.4 Å². The van der Waals surface area contributed by atoms with Crippen molar-refractivity contribution in [3.05, 3.63) is 36.5 Å². The van der Waals surface area contributed by atoms with Crippen molar-refractivity contribution in [3.8, 4) is 0 Å². The quantitative estimate of drug-likeness (QED) is 0.0320. The highest BCUT2D eigenvalue weighted by atomic mass is 16.5. The fourth-order valence-corrected chi connectivity index (χ4v) is 11.4. The van der Waals surface area contributed by atoms with Crippen molar-refractivity contribution in [1.29, 1.82) is 0 Å². The first kappa shape index (κ1) is 78.1. The molecule has 0 heterocycles. The molecule has 0 aromatic carbocycles. The number of hydrogen-bond acceptors (Lipinski definition) is 5. The average molecular weight is 1120 g/mol. The van der Waals surface area contributed by atoms with Crippen LogP contribution in [0.1, 0.15) is 399 Å². The fraction of sp³-hybridized carbons (Fsp3) is 0.892. The lowest BCUT2D eigenvalue weighted by atomic mass is 10.0. The van der Waals surface area contributed by atoms with Crippen molar-refractivity contribution in [2.24, 2.45) is 0 Å². The summed E-state index contributed by atoms with van der Waals surface area (Å²) in [5.41, 5.74) is 0. The van der Waals surface area contributed by atoms with Crippen LogP contribution in [0.15, 0.2) is 36.5 Å². The van der Waals surface area contributed by atoms with Gasteiger partial charge in [-0.2, -0.15) is 0 Å². The van der Waals surface area contributed by atoms with Crippen LogP contribution in [0.3, 0.4) is 0 Å². The molecule has 6 heteroatoms. The highest BCUT2D eigenvalue weighted by molar-refractivity contribution is 5.76. The van der Waals surface area contributed by atoms with Crippen molar-refractivity contribution in [2.45, 2.75) is 411 Å². The predicted molar refractivity (Wildman–Crippen MR) is 352 cm³/mol. The fourth-order valence-electron chi connectivity index (χ4n) is 11.4. The predicted octanol–water partition coefficient (Wildman–Crippen LogP) is 23.5. The molecule has 0 aliphatic rings. The minimum Gasteiger partial charge on any atom is -0.466 e. The summed E-state index contributed by atoms with van der Waals surface area (Å²) in [6.07, 6.45) is 89.6. The van der Waals surface area contributed by atoms with Gasteiger partial charge in [-0.05, 0) is 64.2 Å². The van der Waals surface area contributed by atoms with Crippen LogP contribution in [0.25, 0.3) is 0 Å². The van der Waals surface area contributed by atoms with Gasteiger partial charge in [-0.1, -0.05) is 359 Å². The largest absolute Gasteiger partial charge is 0.466 e. The van der Waals surface area contributed by atoms with E-state index in [9.17, 15) is 19.8 Å². The molecule has 1 amide bonds. The number of hydrogen-bond donors (Lipinski definition) is 3. The maximum Gasteiger partial charge on any atom is 0.305 e. The molecule has 472 valence electrons. The first-order chi connectivity index (χ1) is 39.5. The van der Waals surface area contributed by atoms with Crippen LogP contribution < -0.4 is 5.32 Å². The molecule has 0 bridgehead atoms. The number of allylic oxidation sites excluding steroid dienone is 5. The first-order valence-electron chi connectivity index (χ1n) is 36.3. The summed E-state index contributed by atoms with van der Waals surface area (Å²) < 4.78 is 5.48. The highest BCUT2D eigenvalue weighted by Gasteiger charge is 2.18. The molecule has 6 nitrogen and oxygen atoms in total. The molecule has 0 spiro atoms. The molecule has 2 atom stereocenters. The molecule has 0 fully saturated rings. The van der Waals surface area contributed by atoms with Crippen molar-refractivity contribution in [3.63, 3.8) is 0 Å². The topological polar surface area (TPSA) is 95.9 Å². The van der Waals surface area contributed by atoms with Gasteiger partial charge in [0.2, 0.25) is 5.91 Å². The Bertz CT molecular complexity index is 1300. The summed E-state index contributed by atoms with van der Waals surface area (Å²) in [6.45, 7) is 4.93. The van der Waals surface area contributed by atoms with E-state index in [2.05, 4.69) is 43.5 Å². The molecule has 0 aliphatic heterocycles. The number of esters is 1. The molecule has 0 aliphatic carbocycles. The van der Waals surface area contributed by atoms with Gasteiger partial charge in [-0.25, -0.2) is 0 Å². The van der Waals surface area contributed by atoms with Gasteiger partial charge in [0.05, 0.1) is 25.4 Å². The van der Waals surface area contributed by atoms with Crippen LogP contribution in [0.4, 0.5) is 0 Å². The van der Waals surface area contributed by atoms with Gasteiger partial charge >= 0.3 is 5.97 Å². The molecular formula is C74H141NO5. The van der Waals surface area contributed by atoms with E-state index in [0.717, 1.165) is 44.9 Å². The van der Waals surface area contributed by atoms with Gasteiger partial charge in [0.1, 0.15) is 0 Å². The number of unbranched alkanes of at least 4 members (excludes halogenated alkanes) is 53. The van der Waals surface area contributed by atoms with Crippen LogP contribution >= 0.6 is 0 Å². The molecule has 0 saturated heterocycles. The molecule has 0 radical (unpaired) electrons. The molecular weight excluding hydrogens is 983 g/mol. The smallest absolute Gasteiger partial charge is 0.305 e. The zero-order valence-corrected chi connectivity index (χ0v) is 54.1. The number of ether oxygens (including phenoxy) is 1. The minimum atomic E-state index is -0.842. The summed E-state index contributed by atoms with van der Waals surface area (Å²) in [4.78, 5) is 24.5. The van der Waals surface area contributed by atoms with Gasteiger partial charge in [0.15, 0.2) is 0 Å².